The van der Waals surface area contributed by atoms with E-state index in [0.717, 1.165) is 7.11 Å². The van der Waals surface area contributed by atoms with Crippen molar-refractivity contribution in [2.75, 3.05) is 7.11 Å². The number of halogens is 6. The number of carboxylic acids is 1. The van der Waals surface area contributed by atoms with E-state index >= 15 is 0 Å². The van der Waals surface area contributed by atoms with Crippen LogP contribution < -0.4 is 9.47 Å². The van der Waals surface area contributed by atoms with Gasteiger partial charge < -0.3 is 14.6 Å². The Balaban J connectivity index is 3.53. The summed E-state index contributed by atoms with van der Waals surface area (Å²) in [5, 5.41) is 8.67. The number of pyridine rings is 1. The van der Waals surface area contributed by atoms with E-state index in [0.29, 0.717) is 0 Å². The second-order valence-electron chi connectivity index (χ2n) is 3.24. The van der Waals surface area contributed by atoms with Gasteiger partial charge in [0.15, 0.2) is 0 Å². The molecular formula is C9H5F6NO4. The average molecular weight is 305 g/mol. The van der Waals surface area contributed by atoms with Crippen LogP contribution in [0.25, 0.3) is 0 Å². The average Bonchev–Trinajstić information content (AvgIpc) is 2.25. The van der Waals surface area contributed by atoms with E-state index in [2.05, 4.69) is 14.5 Å². The fourth-order valence-electron chi connectivity index (χ4n) is 1.17. The smallest absolute Gasteiger partial charge is 0.478 e. The Labute approximate surface area is 106 Å². The zero-order valence-electron chi connectivity index (χ0n) is 9.46. The minimum absolute atomic E-state index is 0.0775. The van der Waals surface area contributed by atoms with Gasteiger partial charge in [0.05, 0.1) is 7.11 Å². The Morgan fingerprint density at radius 2 is 1.80 bits per heavy atom. The number of ether oxygens (including phenoxy) is 2. The SMILES string of the molecule is COc1nc(C(F)(F)F)cc(C(=O)O)c1OC(F)(F)F. The lowest BCUT2D eigenvalue weighted by atomic mass is 10.2. The first kappa shape index (κ1) is 15.9. The summed E-state index contributed by atoms with van der Waals surface area (Å²) in [6.07, 6.45) is -10.4. The molecule has 0 saturated heterocycles. The van der Waals surface area contributed by atoms with Gasteiger partial charge in [-0.1, -0.05) is 0 Å². The number of carboxylic acid groups (broad SMARTS) is 1. The molecule has 1 heterocycles. The van der Waals surface area contributed by atoms with Gasteiger partial charge in [-0.3, -0.25) is 0 Å². The van der Waals surface area contributed by atoms with E-state index < -0.39 is 41.4 Å². The highest BCUT2D eigenvalue weighted by atomic mass is 19.4. The first-order valence-electron chi connectivity index (χ1n) is 4.61. The summed E-state index contributed by atoms with van der Waals surface area (Å²) < 4.78 is 81.2. The summed E-state index contributed by atoms with van der Waals surface area (Å²) in [4.78, 5) is 13.5. The minimum Gasteiger partial charge on any atom is -0.478 e. The molecule has 0 aliphatic heterocycles. The van der Waals surface area contributed by atoms with Gasteiger partial charge in [-0.25, -0.2) is 9.78 Å². The molecule has 0 saturated carbocycles. The Morgan fingerprint density at radius 3 is 2.15 bits per heavy atom. The molecular weight excluding hydrogens is 300 g/mol. The first-order valence-corrected chi connectivity index (χ1v) is 4.61. The molecule has 0 fully saturated rings. The third kappa shape index (κ3) is 3.65. The molecule has 0 aliphatic carbocycles. The molecule has 20 heavy (non-hydrogen) atoms. The van der Waals surface area contributed by atoms with Crippen molar-refractivity contribution in [3.05, 3.63) is 17.3 Å². The Bertz CT molecular complexity index is 524. The number of rotatable bonds is 3. The van der Waals surface area contributed by atoms with E-state index in [1.807, 2.05) is 0 Å². The number of aromatic nitrogens is 1. The molecule has 1 rings (SSSR count). The predicted octanol–water partition coefficient (Wildman–Crippen LogP) is 2.71. The molecule has 1 aromatic heterocycles. The lowest BCUT2D eigenvalue weighted by Gasteiger charge is -2.16. The van der Waals surface area contributed by atoms with Crippen molar-refractivity contribution in [3.8, 4) is 11.6 Å². The summed E-state index contributed by atoms with van der Waals surface area (Å²) in [5.41, 5.74) is -3.09. The summed E-state index contributed by atoms with van der Waals surface area (Å²) in [5.74, 6) is -4.76. The van der Waals surface area contributed by atoms with Crippen LogP contribution in [0.4, 0.5) is 26.3 Å². The largest absolute Gasteiger partial charge is 0.573 e. The number of nitrogens with zero attached hydrogens (tertiary/aromatic N) is 1. The van der Waals surface area contributed by atoms with Crippen molar-refractivity contribution in [1.82, 2.24) is 4.98 Å². The van der Waals surface area contributed by atoms with Crippen LogP contribution >= 0.6 is 0 Å². The van der Waals surface area contributed by atoms with Gasteiger partial charge in [0.25, 0.3) is 5.88 Å². The van der Waals surface area contributed by atoms with Gasteiger partial charge in [0, 0.05) is 0 Å². The molecule has 0 unspecified atom stereocenters. The second kappa shape index (κ2) is 5.06. The minimum atomic E-state index is -5.32. The molecule has 0 amide bonds. The van der Waals surface area contributed by atoms with Crippen molar-refractivity contribution in [2.24, 2.45) is 0 Å². The summed E-state index contributed by atoms with van der Waals surface area (Å²) >= 11 is 0. The maximum atomic E-state index is 12.4. The first-order chi connectivity index (χ1) is 8.95. The highest BCUT2D eigenvalue weighted by molar-refractivity contribution is 5.91. The highest BCUT2D eigenvalue weighted by Gasteiger charge is 2.39. The second-order valence-corrected chi connectivity index (χ2v) is 3.24. The van der Waals surface area contributed by atoms with Gasteiger partial charge in [0.1, 0.15) is 11.3 Å². The zero-order valence-corrected chi connectivity index (χ0v) is 9.46. The number of hydrogen-bond donors (Lipinski definition) is 1. The standard InChI is InChI=1S/C9H5F6NO4/c1-19-6-5(20-9(13,14)15)3(7(17)18)2-4(16-6)8(10,11)12/h2H,1H3,(H,17,18). The molecule has 0 atom stereocenters. The summed E-state index contributed by atoms with van der Waals surface area (Å²) in [6.45, 7) is 0. The van der Waals surface area contributed by atoms with Gasteiger partial charge in [-0.05, 0) is 6.07 Å². The Kier molecular flexibility index (Phi) is 4.01. The number of carbonyl (C=O) groups is 1. The molecule has 1 N–H and O–H groups in total. The van der Waals surface area contributed by atoms with Gasteiger partial charge in [-0.15, -0.1) is 13.2 Å². The fraction of sp³-hybridized carbons (Fsp3) is 0.333. The molecule has 5 nitrogen and oxygen atoms in total. The molecule has 0 bridgehead atoms. The maximum Gasteiger partial charge on any atom is 0.573 e. The molecule has 0 spiro atoms. The monoisotopic (exact) mass is 305 g/mol. The van der Waals surface area contributed by atoms with Crippen molar-refractivity contribution in [3.63, 3.8) is 0 Å². The van der Waals surface area contributed by atoms with Crippen molar-refractivity contribution < 1.29 is 45.7 Å². The number of aromatic carboxylic acids is 1. The quantitative estimate of drug-likeness (QED) is 0.870. The molecule has 1 aromatic rings. The van der Waals surface area contributed by atoms with Crippen LogP contribution in [0.5, 0.6) is 11.6 Å². The number of methoxy groups -OCH3 is 1. The predicted molar refractivity (Wildman–Crippen MR) is 49.4 cm³/mol. The molecule has 0 radical (unpaired) electrons. The normalized spacial score (nSPS) is 12.2. The number of hydrogen-bond acceptors (Lipinski definition) is 4. The Hall–Kier alpha value is -2.20. The highest BCUT2D eigenvalue weighted by Crippen LogP contribution is 2.38. The molecule has 112 valence electrons. The van der Waals surface area contributed by atoms with Crippen molar-refractivity contribution in [1.29, 1.82) is 0 Å². The van der Waals surface area contributed by atoms with Crippen LogP contribution in [0.15, 0.2) is 6.07 Å². The summed E-state index contributed by atoms with van der Waals surface area (Å²) in [6, 6.07) is -0.0775. The van der Waals surface area contributed by atoms with E-state index in [1.54, 1.807) is 0 Å². The molecule has 11 heteroatoms. The van der Waals surface area contributed by atoms with Gasteiger partial charge in [0.2, 0.25) is 5.75 Å². The van der Waals surface area contributed by atoms with E-state index in [4.69, 9.17) is 5.11 Å². The van der Waals surface area contributed by atoms with Crippen LogP contribution in [-0.4, -0.2) is 29.5 Å². The zero-order chi connectivity index (χ0) is 15.7. The lowest BCUT2D eigenvalue weighted by Crippen LogP contribution is -2.21. The van der Waals surface area contributed by atoms with Gasteiger partial charge >= 0.3 is 18.5 Å². The molecule has 0 aromatic carbocycles. The summed E-state index contributed by atoms with van der Waals surface area (Å²) in [7, 11) is 0.720. The van der Waals surface area contributed by atoms with E-state index in [9.17, 15) is 31.1 Å². The number of alkyl halides is 6. The third-order valence-corrected chi connectivity index (χ3v) is 1.87. The molecule has 0 aliphatic rings. The Morgan fingerprint density at radius 1 is 1.25 bits per heavy atom. The topological polar surface area (TPSA) is 68.7 Å². The fourth-order valence-corrected chi connectivity index (χ4v) is 1.17. The van der Waals surface area contributed by atoms with Crippen LogP contribution in [-0.2, 0) is 6.18 Å². The van der Waals surface area contributed by atoms with Crippen molar-refractivity contribution in [2.45, 2.75) is 12.5 Å². The third-order valence-electron chi connectivity index (χ3n) is 1.87. The van der Waals surface area contributed by atoms with Gasteiger partial charge in [-0.2, -0.15) is 13.2 Å². The van der Waals surface area contributed by atoms with Crippen LogP contribution in [0, 0.1) is 0 Å². The van der Waals surface area contributed by atoms with E-state index in [-0.39, 0.29) is 6.07 Å². The maximum absolute atomic E-state index is 12.4. The van der Waals surface area contributed by atoms with Crippen LogP contribution in [0.3, 0.4) is 0 Å². The van der Waals surface area contributed by atoms with Crippen LogP contribution in [0.1, 0.15) is 16.1 Å². The van der Waals surface area contributed by atoms with Crippen LogP contribution in [0.2, 0.25) is 0 Å². The van der Waals surface area contributed by atoms with Crippen molar-refractivity contribution >= 4 is 5.97 Å². The lowest BCUT2D eigenvalue weighted by molar-refractivity contribution is -0.275. The van der Waals surface area contributed by atoms with E-state index in [1.165, 1.54) is 0 Å².